The van der Waals surface area contributed by atoms with Crippen molar-refractivity contribution in [3.05, 3.63) is 77.7 Å². The summed E-state index contributed by atoms with van der Waals surface area (Å²) in [6.45, 7) is 4.03. The number of nitrogens with one attached hydrogen (secondary N) is 1. The fourth-order valence-electron chi connectivity index (χ4n) is 3.25. The van der Waals surface area contributed by atoms with Crippen molar-refractivity contribution in [3.8, 4) is 0 Å². The van der Waals surface area contributed by atoms with E-state index in [0.717, 1.165) is 33.4 Å². The molecule has 4 rings (SSSR count). The van der Waals surface area contributed by atoms with Gasteiger partial charge in [-0.1, -0.05) is 49.4 Å². The maximum absolute atomic E-state index is 13.1. The second-order valence-corrected chi connectivity index (χ2v) is 6.13. The summed E-state index contributed by atoms with van der Waals surface area (Å²) in [6.07, 6.45) is 2.60. The van der Waals surface area contributed by atoms with Crippen molar-refractivity contribution in [1.82, 2.24) is 9.38 Å². The van der Waals surface area contributed by atoms with Crippen LogP contribution in [0.4, 0.5) is 5.69 Å². The quantitative estimate of drug-likeness (QED) is 0.596. The number of carbonyl (C=O) groups is 1. The number of hydrogen-bond donors (Lipinski definition) is 1. The number of pyridine rings is 1. The first-order chi connectivity index (χ1) is 12.2. The predicted molar refractivity (Wildman–Crippen MR) is 101 cm³/mol. The van der Waals surface area contributed by atoms with Gasteiger partial charge in [-0.2, -0.15) is 0 Å². The fourth-order valence-corrected chi connectivity index (χ4v) is 3.25. The lowest BCUT2D eigenvalue weighted by molar-refractivity contribution is 0.102. The number of benzene rings is 2. The number of carbonyl (C=O) groups excluding carboxylic acids is 1. The average molecular weight is 329 g/mol. The molecule has 1 N–H and O–H groups in total. The van der Waals surface area contributed by atoms with E-state index in [0.29, 0.717) is 12.1 Å². The van der Waals surface area contributed by atoms with Crippen molar-refractivity contribution in [2.75, 3.05) is 5.32 Å². The molecule has 2 aromatic carbocycles. The lowest BCUT2D eigenvalue weighted by atomic mass is 10.1. The fraction of sp³-hybridized carbons (Fsp3) is 0.143. The molecule has 0 bridgehead atoms. The van der Waals surface area contributed by atoms with Crippen LogP contribution in [-0.2, 0) is 6.42 Å². The molecule has 0 aliphatic carbocycles. The van der Waals surface area contributed by atoms with Crippen LogP contribution in [-0.4, -0.2) is 15.3 Å². The first-order valence-electron chi connectivity index (χ1n) is 8.44. The molecule has 25 heavy (non-hydrogen) atoms. The van der Waals surface area contributed by atoms with Gasteiger partial charge in [0, 0.05) is 17.3 Å². The molecule has 4 aromatic rings. The molecule has 0 atom stereocenters. The maximum atomic E-state index is 13.1. The zero-order valence-corrected chi connectivity index (χ0v) is 14.3. The molecule has 0 saturated heterocycles. The molecule has 0 saturated carbocycles. The third-order valence-corrected chi connectivity index (χ3v) is 4.51. The Hall–Kier alpha value is -3.14. The van der Waals surface area contributed by atoms with Crippen molar-refractivity contribution in [2.24, 2.45) is 0 Å². The van der Waals surface area contributed by atoms with Crippen LogP contribution in [0.1, 0.15) is 28.7 Å². The number of aryl methyl sites for hydroxylation is 2. The number of fused-ring (bicyclic) bond motifs is 2. The van der Waals surface area contributed by atoms with Crippen molar-refractivity contribution < 1.29 is 4.79 Å². The summed E-state index contributed by atoms with van der Waals surface area (Å²) < 4.78 is 1.88. The number of aromatic nitrogens is 2. The highest BCUT2D eigenvalue weighted by Crippen LogP contribution is 2.24. The summed E-state index contributed by atoms with van der Waals surface area (Å²) in [5.41, 5.74) is 4.12. The van der Waals surface area contributed by atoms with Gasteiger partial charge in [0.1, 0.15) is 11.3 Å². The second kappa shape index (κ2) is 6.06. The largest absolute Gasteiger partial charge is 0.320 e. The second-order valence-electron chi connectivity index (χ2n) is 6.13. The van der Waals surface area contributed by atoms with Gasteiger partial charge >= 0.3 is 0 Å². The van der Waals surface area contributed by atoms with Crippen LogP contribution >= 0.6 is 0 Å². The van der Waals surface area contributed by atoms with Gasteiger partial charge < -0.3 is 5.32 Å². The highest BCUT2D eigenvalue weighted by Gasteiger charge is 2.19. The number of amides is 1. The number of hydrogen-bond acceptors (Lipinski definition) is 2. The molecule has 0 aliphatic rings. The molecule has 0 radical (unpaired) electrons. The molecule has 124 valence electrons. The Bertz CT molecular complexity index is 1090. The third kappa shape index (κ3) is 2.56. The summed E-state index contributed by atoms with van der Waals surface area (Å²) >= 11 is 0. The minimum absolute atomic E-state index is 0.133. The zero-order valence-electron chi connectivity index (χ0n) is 14.3. The molecule has 4 nitrogen and oxygen atoms in total. The monoisotopic (exact) mass is 329 g/mol. The number of anilines is 1. The molecule has 1 amide bonds. The minimum atomic E-state index is -0.133. The van der Waals surface area contributed by atoms with Crippen LogP contribution in [0.3, 0.4) is 0 Å². The standard InChI is InChI=1S/C21H19N3O/c1-3-17-19(24-13-7-8-14(2)20(24)22-17)21(25)23-18-12-6-10-15-9-4-5-11-16(15)18/h4-13H,3H2,1-2H3,(H,23,25). The van der Waals surface area contributed by atoms with E-state index in [1.54, 1.807) is 0 Å². The predicted octanol–water partition coefficient (Wildman–Crippen LogP) is 4.61. The number of rotatable bonds is 3. The maximum Gasteiger partial charge on any atom is 0.274 e. The molecule has 2 aromatic heterocycles. The SMILES string of the molecule is CCc1nc2c(C)cccn2c1C(=O)Nc1cccc2ccccc12. The Balaban J connectivity index is 1.81. The van der Waals surface area contributed by atoms with Gasteiger partial charge in [-0.15, -0.1) is 0 Å². The van der Waals surface area contributed by atoms with Crippen LogP contribution in [0.25, 0.3) is 16.4 Å². The topological polar surface area (TPSA) is 46.4 Å². The summed E-state index contributed by atoms with van der Waals surface area (Å²) in [4.78, 5) is 17.7. The van der Waals surface area contributed by atoms with Crippen molar-refractivity contribution in [3.63, 3.8) is 0 Å². The highest BCUT2D eigenvalue weighted by molar-refractivity contribution is 6.09. The Morgan fingerprint density at radius 3 is 2.72 bits per heavy atom. The van der Waals surface area contributed by atoms with E-state index in [4.69, 9.17) is 0 Å². The molecule has 0 spiro atoms. The molecular weight excluding hydrogens is 310 g/mol. The Labute approximate surface area is 146 Å². The molecule has 2 heterocycles. The van der Waals surface area contributed by atoms with E-state index in [-0.39, 0.29) is 5.91 Å². The van der Waals surface area contributed by atoms with E-state index in [2.05, 4.69) is 10.3 Å². The summed E-state index contributed by atoms with van der Waals surface area (Å²) in [5.74, 6) is -0.133. The van der Waals surface area contributed by atoms with Crippen molar-refractivity contribution >= 4 is 28.0 Å². The Morgan fingerprint density at radius 1 is 1.08 bits per heavy atom. The first kappa shape index (κ1) is 15.4. The van der Waals surface area contributed by atoms with Gasteiger partial charge in [0.25, 0.3) is 5.91 Å². The van der Waals surface area contributed by atoms with Crippen LogP contribution < -0.4 is 5.32 Å². The minimum Gasteiger partial charge on any atom is -0.320 e. The van der Waals surface area contributed by atoms with Crippen LogP contribution in [0.2, 0.25) is 0 Å². The van der Waals surface area contributed by atoms with Gasteiger partial charge in [-0.25, -0.2) is 4.98 Å². The van der Waals surface area contributed by atoms with Gasteiger partial charge in [0.15, 0.2) is 0 Å². The molecular formula is C21H19N3O. The van der Waals surface area contributed by atoms with Gasteiger partial charge in [-0.3, -0.25) is 9.20 Å². The van der Waals surface area contributed by atoms with E-state index in [1.807, 2.05) is 79.0 Å². The van der Waals surface area contributed by atoms with E-state index in [9.17, 15) is 4.79 Å². The van der Waals surface area contributed by atoms with E-state index >= 15 is 0 Å². The van der Waals surface area contributed by atoms with Gasteiger partial charge in [0.05, 0.1) is 5.69 Å². The zero-order chi connectivity index (χ0) is 17.4. The average Bonchev–Trinajstić information content (AvgIpc) is 3.02. The van der Waals surface area contributed by atoms with Crippen molar-refractivity contribution in [1.29, 1.82) is 0 Å². The van der Waals surface area contributed by atoms with Crippen LogP contribution in [0.5, 0.6) is 0 Å². The summed E-state index contributed by atoms with van der Waals surface area (Å²) in [5, 5.41) is 5.20. The number of nitrogens with zero attached hydrogens (tertiary/aromatic N) is 2. The van der Waals surface area contributed by atoms with Crippen LogP contribution in [0.15, 0.2) is 60.8 Å². The van der Waals surface area contributed by atoms with Crippen molar-refractivity contribution in [2.45, 2.75) is 20.3 Å². The lowest BCUT2D eigenvalue weighted by Crippen LogP contribution is -2.16. The number of imidazole rings is 1. The van der Waals surface area contributed by atoms with E-state index < -0.39 is 0 Å². The molecule has 0 unspecified atom stereocenters. The summed E-state index contributed by atoms with van der Waals surface area (Å²) in [7, 11) is 0. The third-order valence-electron chi connectivity index (χ3n) is 4.51. The van der Waals surface area contributed by atoms with Crippen LogP contribution in [0, 0.1) is 6.92 Å². The Kier molecular flexibility index (Phi) is 3.73. The lowest BCUT2D eigenvalue weighted by Gasteiger charge is -2.10. The summed E-state index contributed by atoms with van der Waals surface area (Å²) in [6, 6.07) is 17.9. The van der Waals surface area contributed by atoms with E-state index in [1.165, 1.54) is 0 Å². The normalized spacial score (nSPS) is 11.1. The van der Waals surface area contributed by atoms with Gasteiger partial charge in [0.2, 0.25) is 0 Å². The molecule has 0 aliphatic heterocycles. The smallest absolute Gasteiger partial charge is 0.274 e. The Morgan fingerprint density at radius 2 is 1.88 bits per heavy atom. The van der Waals surface area contributed by atoms with Gasteiger partial charge in [-0.05, 0) is 36.4 Å². The molecule has 4 heteroatoms. The first-order valence-corrected chi connectivity index (χ1v) is 8.44. The highest BCUT2D eigenvalue weighted by atomic mass is 16.2. The molecule has 0 fully saturated rings.